The van der Waals surface area contributed by atoms with E-state index < -0.39 is 0 Å². The molecule has 1 aromatic rings. The molecule has 1 fully saturated rings. The largest absolute Gasteiger partial charge is 0.338 e. The number of hydrogen-bond donors (Lipinski definition) is 1. The van der Waals surface area contributed by atoms with Crippen molar-refractivity contribution in [3.8, 4) is 0 Å². The molecule has 5 nitrogen and oxygen atoms in total. The maximum atomic E-state index is 12.1. The van der Waals surface area contributed by atoms with Crippen molar-refractivity contribution in [3.63, 3.8) is 0 Å². The first-order chi connectivity index (χ1) is 8.56. The molecule has 98 valence electrons. The van der Waals surface area contributed by atoms with Gasteiger partial charge in [0.1, 0.15) is 6.54 Å². The summed E-state index contributed by atoms with van der Waals surface area (Å²) in [6, 6.07) is 3.44. The van der Waals surface area contributed by atoms with Crippen molar-refractivity contribution in [1.29, 1.82) is 0 Å². The quantitative estimate of drug-likeness (QED) is 0.861. The third-order valence-corrected chi connectivity index (χ3v) is 3.44. The lowest BCUT2D eigenvalue weighted by atomic mass is 10.2. The van der Waals surface area contributed by atoms with Gasteiger partial charge in [0.25, 0.3) is 5.56 Å². The molecule has 2 rings (SSSR count). The summed E-state index contributed by atoms with van der Waals surface area (Å²) in [5, 5.41) is 3.28. The van der Waals surface area contributed by atoms with Crippen LogP contribution in [0, 0.1) is 0 Å². The minimum atomic E-state index is -0.158. The molecule has 0 radical (unpaired) electrons. The fraction of sp³-hybridized carbons (Fsp3) is 0.500. The monoisotopic (exact) mass is 313 g/mol. The van der Waals surface area contributed by atoms with Crippen LogP contribution in [-0.4, -0.2) is 41.1 Å². The Hall–Kier alpha value is -1.14. The van der Waals surface area contributed by atoms with Crippen LogP contribution in [0.5, 0.6) is 0 Å². The van der Waals surface area contributed by atoms with Crippen molar-refractivity contribution < 1.29 is 4.79 Å². The van der Waals surface area contributed by atoms with Gasteiger partial charge in [-0.1, -0.05) is 0 Å². The molecule has 1 amide bonds. The molecule has 0 spiro atoms. The molecule has 1 N–H and O–H groups in total. The van der Waals surface area contributed by atoms with E-state index in [-0.39, 0.29) is 18.0 Å². The van der Waals surface area contributed by atoms with Crippen LogP contribution >= 0.6 is 15.9 Å². The molecule has 18 heavy (non-hydrogen) atoms. The number of pyridine rings is 1. The summed E-state index contributed by atoms with van der Waals surface area (Å²) in [6.45, 7) is 4.35. The highest BCUT2D eigenvalue weighted by Crippen LogP contribution is 2.06. The number of nitrogens with one attached hydrogen (secondary N) is 1. The second kappa shape index (κ2) is 5.67. The number of aromatic nitrogens is 1. The molecule has 1 aliphatic rings. The van der Waals surface area contributed by atoms with Gasteiger partial charge in [-0.2, -0.15) is 0 Å². The Morgan fingerprint density at radius 1 is 1.56 bits per heavy atom. The summed E-state index contributed by atoms with van der Waals surface area (Å²) in [4.78, 5) is 25.5. The predicted molar refractivity (Wildman–Crippen MR) is 72.4 cm³/mol. The topological polar surface area (TPSA) is 54.3 Å². The number of rotatable bonds is 2. The third kappa shape index (κ3) is 3.20. The Labute approximate surface area is 114 Å². The molecule has 1 aromatic heterocycles. The predicted octanol–water partition coefficient (Wildman–Crippen LogP) is 0.431. The molecule has 2 heterocycles. The average molecular weight is 314 g/mol. The second-order valence-corrected chi connectivity index (χ2v) is 5.42. The molecule has 6 heteroatoms. The van der Waals surface area contributed by atoms with Gasteiger partial charge in [-0.05, 0) is 28.9 Å². The van der Waals surface area contributed by atoms with Gasteiger partial charge >= 0.3 is 0 Å². The summed E-state index contributed by atoms with van der Waals surface area (Å²) in [7, 11) is 0. The Morgan fingerprint density at radius 2 is 2.33 bits per heavy atom. The van der Waals surface area contributed by atoms with Gasteiger partial charge in [0.05, 0.1) is 0 Å². The molecule has 1 atom stereocenters. The summed E-state index contributed by atoms with van der Waals surface area (Å²) in [5.41, 5.74) is -0.158. The lowest BCUT2D eigenvalue weighted by Gasteiger charge is -2.32. The van der Waals surface area contributed by atoms with E-state index >= 15 is 0 Å². The number of carbonyl (C=O) groups excluding carboxylic acids is 1. The number of nitrogens with zero attached hydrogens (tertiary/aromatic N) is 2. The van der Waals surface area contributed by atoms with E-state index in [0.717, 1.165) is 11.0 Å². The SMILES string of the molecule is CC1CN(C(=O)Cn2cc(Br)ccc2=O)CCN1. The van der Waals surface area contributed by atoms with Crippen LogP contribution in [0.4, 0.5) is 0 Å². The lowest BCUT2D eigenvalue weighted by Crippen LogP contribution is -2.52. The summed E-state index contributed by atoms with van der Waals surface area (Å²) in [6.07, 6.45) is 1.64. The van der Waals surface area contributed by atoms with Crippen LogP contribution in [0.2, 0.25) is 0 Å². The van der Waals surface area contributed by atoms with Crippen molar-refractivity contribution in [2.45, 2.75) is 19.5 Å². The second-order valence-electron chi connectivity index (χ2n) is 4.51. The molecule has 1 saturated heterocycles. The molecular weight excluding hydrogens is 298 g/mol. The van der Waals surface area contributed by atoms with Gasteiger partial charge in [-0.25, -0.2) is 0 Å². The van der Waals surface area contributed by atoms with Gasteiger partial charge in [0.2, 0.25) is 5.91 Å². The fourth-order valence-electron chi connectivity index (χ4n) is 2.03. The van der Waals surface area contributed by atoms with E-state index in [2.05, 4.69) is 21.2 Å². The summed E-state index contributed by atoms with van der Waals surface area (Å²) in [5.74, 6) is -0.0106. The third-order valence-electron chi connectivity index (χ3n) is 2.97. The molecule has 1 aliphatic heterocycles. The van der Waals surface area contributed by atoms with Gasteiger partial charge in [-0.15, -0.1) is 0 Å². The van der Waals surface area contributed by atoms with Crippen LogP contribution in [0.3, 0.4) is 0 Å². The Bertz CT molecular complexity index is 500. The van der Waals surface area contributed by atoms with E-state index in [4.69, 9.17) is 0 Å². The first kappa shape index (κ1) is 13.3. The molecule has 0 saturated carbocycles. The fourth-order valence-corrected chi connectivity index (χ4v) is 2.41. The highest BCUT2D eigenvalue weighted by molar-refractivity contribution is 9.10. The van der Waals surface area contributed by atoms with Gasteiger partial charge in [0.15, 0.2) is 0 Å². The first-order valence-corrected chi connectivity index (χ1v) is 6.73. The zero-order chi connectivity index (χ0) is 13.1. The van der Waals surface area contributed by atoms with Crippen molar-refractivity contribution >= 4 is 21.8 Å². The van der Waals surface area contributed by atoms with Crippen LogP contribution in [0.1, 0.15) is 6.92 Å². The normalized spacial score (nSPS) is 19.9. The van der Waals surface area contributed by atoms with Crippen LogP contribution < -0.4 is 10.9 Å². The number of amides is 1. The van der Waals surface area contributed by atoms with Crippen molar-refractivity contribution in [1.82, 2.24) is 14.8 Å². The van der Waals surface area contributed by atoms with Gasteiger partial charge < -0.3 is 14.8 Å². The number of piperazine rings is 1. The van der Waals surface area contributed by atoms with E-state index in [1.165, 1.54) is 10.6 Å². The van der Waals surface area contributed by atoms with E-state index in [1.54, 1.807) is 17.2 Å². The minimum Gasteiger partial charge on any atom is -0.338 e. The van der Waals surface area contributed by atoms with Crippen LogP contribution in [0.15, 0.2) is 27.6 Å². The number of carbonyl (C=O) groups is 1. The summed E-state index contributed by atoms with van der Waals surface area (Å²) >= 11 is 3.30. The molecule has 0 aliphatic carbocycles. The van der Waals surface area contributed by atoms with E-state index in [9.17, 15) is 9.59 Å². The summed E-state index contributed by atoms with van der Waals surface area (Å²) < 4.78 is 2.22. The minimum absolute atomic E-state index is 0.0106. The highest BCUT2D eigenvalue weighted by Gasteiger charge is 2.20. The molecule has 0 aromatic carbocycles. The zero-order valence-electron chi connectivity index (χ0n) is 10.2. The highest BCUT2D eigenvalue weighted by atomic mass is 79.9. The lowest BCUT2D eigenvalue weighted by molar-refractivity contribution is -0.133. The van der Waals surface area contributed by atoms with Crippen LogP contribution in [0.25, 0.3) is 0 Å². The molecular formula is C12H16BrN3O2. The average Bonchev–Trinajstić information content (AvgIpc) is 2.34. The van der Waals surface area contributed by atoms with Gasteiger partial charge in [-0.3, -0.25) is 9.59 Å². The number of halogens is 1. The Balaban J connectivity index is 2.06. The van der Waals surface area contributed by atoms with Crippen molar-refractivity contribution in [2.75, 3.05) is 19.6 Å². The van der Waals surface area contributed by atoms with Crippen molar-refractivity contribution in [3.05, 3.63) is 33.2 Å². The maximum absolute atomic E-state index is 12.1. The Kier molecular flexibility index (Phi) is 4.19. The molecule has 1 unspecified atom stereocenters. The van der Waals surface area contributed by atoms with E-state index in [1.807, 2.05) is 6.92 Å². The van der Waals surface area contributed by atoms with Gasteiger partial charge in [0, 0.05) is 42.4 Å². The maximum Gasteiger partial charge on any atom is 0.251 e. The number of hydrogen-bond acceptors (Lipinski definition) is 3. The smallest absolute Gasteiger partial charge is 0.251 e. The first-order valence-electron chi connectivity index (χ1n) is 5.93. The van der Waals surface area contributed by atoms with E-state index in [0.29, 0.717) is 19.1 Å². The van der Waals surface area contributed by atoms with Crippen molar-refractivity contribution in [2.24, 2.45) is 0 Å². The standard InChI is InChI=1S/C12H16BrN3O2/c1-9-6-15(5-4-14-9)12(18)8-16-7-10(13)2-3-11(16)17/h2-3,7,9,14H,4-6,8H2,1H3. The Morgan fingerprint density at radius 3 is 3.06 bits per heavy atom. The molecule has 0 bridgehead atoms. The van der Waals surface area contributed by atoms with Crippen LogP contribution in [-0.2, 0) is 11.3 Å². The zero-order valence-corrected chi connectivity index (χ0v) is 11.8.